The smallest absolute Gasteiger partial charge is 0.318 e. The van der Waals surface area contributed by atoms with Crippen molar-refractivity contribution in [3.05, 3.63) is 59.7 Å². The van der Waals surface area contributed by atoms with E-state index >= 15 is 0 Å². The molecule has 1 fully saturated rings. The summed E-state index contributed by atoms with van der Waals surface area (Å²) in [7, 11) is -3.39. The molecule has 2 aromatic rings. The molecule has 0 aliphatic carbocycles. The summed E-state index contributed by atoms with van der Waals surface area (Å²) in [6.07, 6.45) is -3.31. The number of amides is 2. The maximum atomic E-state index is 12.6. The molecular weight excluding hydrogens is 381 g/mol. The van der Waals surface area contributed by atoms with Crippen molar-refractivity contribution in [3.8, 4) is 0 Å². The molecule has 1 saturated heterocycles. The Morgan fingerprint density at radius 3 is 2.30 bits per heavy atom. The standard InChI is InChI=1S/C18H17F3N2O3S/c1-27(25,26)16-4-2-3-15(11-16)23-10-9-22(17(23)24)12-13-5-7-14(8-6-13)18(19,20)21/h2-8,11H,9-10,12H2,1H3. The van der Waals surface area contributed by atoms with Crippen LogP contribution in [0.5, 0.6) is 0 Å². The maximum absolute atomic E-state index is 12.6. The van der Waals surface area contributed by atoms with E-state index in [0.717, 1.165) is 18.4 Å². The Hall–Kier alpha value is -2.55. The van der Waals surface area contributed by atoms with E-state index in [0.29, 0.717) is 24.3 Å². The number of sulfone groups is 1. The molecule has 0 spiro atoms. The third-order valence-electron chi connectivity index (χ3n) is 4.31. The van der Waals surface area contributed by atoms with Crippen molar-refractivity contribution in [2.45, 2.75) is 17.6 Å². The lowest BCUT2D eigenvalue weighted by molar-refractivity contribution is -0.137. The first kappa shape index (κ1) is 19.2. The molecule has 0 aromatic heterocycles. The first-order chi connectivity index (χ1) is 12.6. The summed E-state index contributed by atoms with van der Waals surface area (Å²) in [6, 6.07) is 10.5. The largest absolute Gasteiger partial charge is 0.416 e. The first-order valence-corrected chi connectivity index (χ1v) is 9.97. The molecule has 0 N–H and O–H groups in total. The summed E-state index contributed by atoms with van der Waals surface area (Å²) in [6.45, 7) is 0.939. The molecule has 2 amide bonds. The SMILES string of the molecule is CS(=O)(=O)c1cccc(N2CCN(Cc3ccc(C(F)(F)F)cc3)C2=O)c1. The van der Waals surface area contributed by atoms with Crippen LogP contribution in [0.4, 0.5) is 23.7 Å². The van der Waals surface area contributed by atoms with Gasteiger partial charge in [-0.15, -0.1) is 0 Å². The highest BCUT2D eigenvalue weighted by Gasteiger charge is 2.32. The van der Waals surface area contributed by atoms with Crippen molar-refractivity contribution in [1.82, 2.24) is 4.90 Å². The molecule has 0 bridgehead atoms. The molecule has 1 aliphatic heterocycles. The number of alkyl halides is 3. The number of urea groups is 1. The van der Waals surface area contributed by atoms with Gasteiger partial charge in [-0.2, -0.15) is 13.2 Å². The Kier molecular flexibility index (Phi) is 4.90. The molecule has 0 unspecified atom stereocenters. The van der Waals surface area contributed by atoms with E-state index in [4.69, 9.17) is 0 Å². The summed E-state index contributed by atoms with van der Waals surface area (Å²) in [4.78, 5) is 15.7. The van der Waals surface area contributed by atoms with Gasteiger partial charge in [-0.25, -0.2) is 13.2 Å². The lowest BCUT2D eigenvalue weighted by Gasteiger charge is -2.19. The second-order valence-electron chi connectivity index (χ2n) is 6.32. The lowest BCUT2D eigenvalue weighted by atomic mass is 10.1. The zero-order valence-corrected chi connectivity index (χ0v) is 15.2. The number of benzene rings is 2. The van der Waals surface area contributed by atoms with Crippen LogP contribution < -0.4 is 4.90 Å². The Bertz CT molecular complexity index is 957. The molecule has 0 radical (unpaired) electrons. The van der Waals surface area contributed by atoms with E-state index in [-0.39, 0.29) is 17.5 Å². The van der Waals surface area contributed by atoms with Gasteiger partial charge in [0.05, 0.1) is 10.5 Å². The zero-order valence-electron chi connectivity index (χ0n) is 14.4. The monoisotopic (exact) mass is 398 g/mol. The number of carbonyl (C=O) groups is 1. The van der Waals surface area contributed by atoms with E-state index in [1.165, 1.54) is 34.1 Å². The van der Waals surface area contributed by atoms with Crippen LogP contribution in [0.15, 0.2) is 53.4 Å². The predicted molar refractivity (Wildman–Crippen MR) is 94.1 cm³/mol. The molecule has 144 valence electrons. The fraction of sp³-hybridized carbons (Fsp3) is 0.278. The van der Waals surface area contributed by atoms with Crippen LogP contribution in [0, 0.1) is 0 Å². The van der Waals surface area contributed by atoms with Crippen LogP contribution in [-0.2, 0) is 22.6 Å². The third-order valence-corrected chi connectivity index (χ3v) is 5.42. The minimum absolute atomic E-state index is 0.119. The third kappa shape index (κ3) is 4.24. The molecule has 1 aliphatic rings. The van der Waals surface area contributed by atoms with Gasteiger partial charge >= 0.3 is 12.2 Å². The summed E-state index contributed by atoms with van der Waals surface area (Å²) < 4.78 is 61.3. The second kappa shape index (κ2) is 6.88. The van der Waals surface area contributed by atoms with Crippen LogP contribution in [0.25, 0.3) is 0 Å². The minimum Gasteiger partial charge on any atom is -0.318 e. The van der Waals surface area contributed by atoms with Gasteiger partial charge in [0.15, 0.2) is 9.84 Å². The van der Waals surface area contributed by atoms with E-state index in [1.807, 2.05) is 0 Å². The fourth-order valence-electron chi connectivity index (χ4n) is 2.87. The maximum Gasteiger partial charge on any atom is 0.416 e. The van der Waals surface area contributed by atoms with Crippen molar-refractivity contribution in [1.29, 1.82) is 0 Å². The van der Waals surface area contributed by atoms with Crippen LogP contribution >= 0.6 is 0 Å². The van der Waals surface area contributed by atoms with Gasteiger partial charge in [0, 0.05) is 31.6 Å². The molecule has 0 saturated carbocycles. The van der Waals surface area contributed by atoms with E-state index in [9.17, 15) is 26.4 Å². The Labute approximate surface area is 154 Å². The first-order valence-electron chi connectivity index (χ1n) is 8.08. The number of halogens is 3. The molecular formula is C18H17F3N2O3S. The molecule has 2 aromatic carbocycles. The highest BCUT2D eigenvalue weighted by molar-refractivity contribution is 7.90. The van der Waals surface area contributed by atoms with E-state index in [2.05, 4.69) is 0 Å². The highest BCUT2D eigenvalue weighted by Crippen LogP contribution is 2.30. The van der Waals surface area contributed by atoms with Gasteiger partial charge < -0.3 is 4.90 Å². The van der Waals surface area contributed by atoms with Crippen LogP contribution in [0.2, 0.25) is 0 Å². The van der Waals surface area contributed by atoms with Gasteiger partial charge in [-0.1, -0.05) is 18.2 Å². The topological polar surface area (TPSA) is 57.7 Å². The van der Waals surface area contributed by atoms with Crippen molar-refractivity contribution in [2.24, 2.45) is 0 Å². The number of nitrogens with zero attached hydrogens (tertiary/aromatic N) is 2. The molecule has 9 heteroatoms. The number of rotatable bonds is 4. The summed E-state index contributed by atoms with van der Waals surface area (Å²) in [5.41, 5.74) is 0.319. The second-order valence-corrected chi connectivity index (χ2v) is 8.34. The van der Waals surface area contributed by atoms with Gasteiger partial charge in [0.1, 0.15) is 0 Å². The number of carbonyl (C=O) groups excluding carboxylic acids is 1. The molecule has 3 rings (SSSR count). The molecule has 0 atom stereocenters. The van der Waals surface area contributed by atoms with Gasteiger partial charge in [-0.05, 0) is 35.9 Å². The Balaban J connectivity index is 1.74. The predicted octanol–water partition coefficient (Wildman–Crippen LogP) is 3.55. The average molecular weight is 398 g/mol. The fourth-order valence-corrected chi connectivity index (χ4v) is 3.53. The van der Waals surface area contributed by atoms with Crippen molar-refractivity contribution >= 4 is 21.6 Å². The van der Waals surface area contributed by atoms with Gasteiger partial charge in [0.25, 0.3) is 0 Å². The van der Waals surface area contributed by atoms with Crippen LogP contribution in [0.1, 0.15) is 11.1 Å². The molecule has 27 heavy (non-hydrogen) atoms. The van der Waals surface area contributed by atoms with E-state index in [1.54, 1.807) is 12.1 Å². The van der Waals surface area contributed by atoms with Gasteiger partial charge in [-0.3, -0.25) is 4.90 Å². The normalized spacial score (nSPS) is 15.5. The molecule has 5 nitrogen and oxygen atoms in total. The van der Waals surface area contributed by atoms with Crippen molar-refractivity contribution < 1.29 is 26.4 Å². The highest BCUT2D eigenvalue weighted by atomic mass is 32.2. The Morgan fingerprint density at radius 1 is 1.04 bits per heavy atom. The summed E-state index contributed by atoms with van der Waals surface area (Å²) in [5, 5.41) is 0. The van der Waals surface area contributed by atoms with Crippen LogP contribution in [0.3, 0.4) is 0 Å². The van der Waals surface area contributed by atoms with Crippen molar-refractivity contribution in [3.63, 3.8) is 0 Å². The van der Waals surface area contributed by atoms with Crippen molar-refractivity contribution in [2.75, 3.05) is 24.2 Å². The number of hydrogen-bond acceptors (Lipinski definition) is 3. The Morgan fingerprint density at radius 2 is 1.70 bits per heavy atom. The number of anilines is 1. The van der Waals surface area contributed by atoms with Crippen LogP contribution in [-0.4, -0.2) is 38.7 Å². The zero-order chi connectivity index (χ0) is 19.8. The van der Waals surface area contributed by atoms with Gasteiger partial charge in [0.2, 0.25) is 0 Å². The minimum atomic E-state index is -4.40. The quantitative estimate of drug-likeness (QED) is 0.792. The summed E-state index contributed by atoms with van der Waals surface area (Å²) in [5.74, 6) is 0. The lowest BCUT2D eigenvalue weighted by Crippen LogP contribution is -2.31. The summed E-state index contributed by atoms with van der Waals surface area (Å²) >= 11 is 0. The molecule has 1 heterocycles. The average Bonchev–Trinajstić information content (AvgIpc) is 2.95. The van der Waals surface area contributed by atoms with E-state index < -0.39 is 21.6 Å². The number of hydrogen-bond donors (Lipinski definition) is 0.